The van der Waals surface area contributed by atoms with E-state index in [0.29, 0.717) is 0 Å². The summed E-state index contributed by atoms with van der Waals surface area (Å²) in [5.41, 5.74) is 0. The zero-order chi connectivity index (χ0) is 11.4. The first kappa shape index (κ1) is 12.2. The average Bonchev–Trinajstić information content (AvgIpc) is 2.68. The normalized spacial score (nSPS) is 14.7. The standard InChI is InChI=1S/C11H18N2OS/c1-8(10-6-5-7-15-10)12-9(2)11(14)13(3)4/h5-9,12H,1-4H3/t8-,9?/m0/s1. The Morgan fingerprint density at radius 2 is 2.13 bits per heavy atom. The molecule has 1 unspecified atom stereocenters. The molecule has 0 aliphatic carbocycles. The summed E-state index contributed by atoms with van der Waals surface area (Å²) < 4.78 is 0. The molecule has 2 atom stereocenters. The molecule has 0 spiro atoms. The van der Waals surface area contributed by atoms with Crippen LogP contribution >= 0.6 is 11.3 Å². The predicted molar refractivity (Wildman–Crippen MR) is 64.0 cm³/mol. The highest BCUT2D eigenvalue weighted by atomic mass is 32.1. The van der Waals surface area contributed by atoms with Crippen LogP contribution in [-0.2, 0) is 4.79 Å². The minimum absolute atomic E-state index is 0.110. The fraction of sp³-hybridized carbons (Fsp3) is 0.545. The molecular formula is C11H18N2OS. The number of carbonyl (C=O) groups excluding carboxylic acids is 1. The lowest BCUT2D eigenvalue weighted by atomic mass is 10.2. The molecule has 1 rings (SSSR count). The summed E-state index contributed by atoms with van der Waals surface area (Å²) in [5, 5.41) is 5.33. The van der Waals surface area contributed by atoms with Crippen LogP contribution in [0.5, 0.6) is 0 Å². The molecule has 0 aromatic carbocycles. The Morgan fingerprint density at radius 1 is 1.47 bits per heavy atom. The summed E-state index contributed by atoms with van der Waals surface area (Å²) in [4.78, 5) is 14.5. The molecule has 84 valence electrons. The molecular weight excluding hydrogens is 208 g/mol. The maximum absolute atomic E-state index is 11.6. The zero-order valence-corrected chi connectivity index (χ0v) is 10.5. The Kier molecular flexibility index (Phi) is 4.29. The van der Waals surface area contributed by atoms with Gasteiger partial charge in [0.15, 0.2) is 0 Å². The largest absolute Gasteiger partial charge is 0.347 e. The SMILES string of the molecule is CC(N[C@@H](C)c1cccs1)C(=O)N(C)C. The maximum Gasteiger partial charge on any atom is 0.238 e. The van der Waals surface area contributed by atoms with E-state index in [4.69, 9.17) is 0 Å². The lowest BCUT2D eigenvalue weighted by Crippen LogP contribution is -2.42. The van der Waals surface area contributed by atoms with Gasteiger partial charge < -0.3 is 4.90 Å². The number of carbonyl (C=O) groups is 1. The number of hydrogen-bond donors (Lipinski definition) is 1. The minimum Gasteiger partial charge on any atom is -0.347 e. The maximum atomic E-state index is 11.6. The van der Waals surface area contributed by atoms with Gasteiger partial charge in [-0.2, -0.15) is 0 Å². The Morgan fingerprint density at radius 3 is 2.60 bits per heavy atom. The second kappa shape index (κ2) is 5.28. The molecule has 3 nitrogen and oxygen atoms in total. The van der Waals surface area contributed by atoms with Crippen LogP contribution in [0.2, 0.25) is 0 Å². The number of likely N-dealkylation sites (N-methyl/N-ethyl adjacent to an activating group) is 1. The van der Waals surface area contributed by atoms with Gasteiger partial charge in [0.25, 0.3) is 0 Å². The van der Waals surface area contributed by atoms with Gasteiger partial charge in [0, 0.05) is 25.0 Å². The molecule has 0 fully saturated rings. The molecule has 1 N–H and O–H groups in total. The lowest BCUT2D eigenvalue weighted by Gasteiger charge is -2.21. The smallest absolute Gasteiger partial charge is 0.238 e. The van der Waals surface area contributed by atoms with E-state index in [1.165, 1.54) is 4.88 Å². The molecule has 1 heterocycles. The lowest BCUT2D eigenvalue weighted by molar-refractivity contribution is -0.130. The van der Waals surface area contributed by atoms with Crippen molar-refractivity contribution in [3.63, 3.8) is 0 Å². The van der Waals surface area contributed by atoms with Gasteiger partial charge in [0.1, 0.15) is 0 Å². The van der Waals surface area contributed by atoms with Gasteiger partial charge in [-0.3, -0.25) is 10.1 Å². The summed E-state index contributed by atoms with van der Waals surface area (Å²) in [5.74, 6) is 0.110. The molecule has 0 aliphatic heterocycles. The van der Waals surface area contributed by atoms with Crippen molar-refractivity contribution in [1.82, 2.24) is 10.2 Å². The highest BCUT2D eigenvalue weighted by molar-refractivity contribution is 7.10. The van der Waals surface area contributed by atoms with Crippen molar-refractivity contribution in [2.24, 2.45) is 0 Å². The highest BCUT2D eigenvalue weighted by Crippen LogP contribution is 2.18. The van der Waals surface area contributed by atoms with Crippen molar-refractivity contribution >= 4 is 17.2 Å². The quantitative estimate of drug-likeness (QED) is 0.850. The highest BCUT2D eigenvalue weighted by Gasteiger charge is 2.17. The van der Waals surface area contributed by atoms with E-state index in [1.54, 1.807) is 30.3 Å². The molecule has 4 heteroatoms. The van der Waals surface area contributed by atoms with Crippen molar-refractivity contribution in [3.05, 3.63) is 22.4 Å². The van der Waals surface area contributed by atoms with Gasteiger partial charge >= 0.3 is 0 Å². The molecule has 0 bridgehead atoms. The average molecular weight is 226 g/mol. The van der Waals surface area contributed by atoms with Crippen molar-refractivity contribution < 1.29 is 4.79 Å². The van der Waals surface area contributed by atoms with Crippen molar-refractivity contribution in [1.29, 1.82) is 0 Å². The Balaban J connectivity index is 2.52. The fourth-order valence-electron chi connectivity index (χ4n) is 1.45. The van der Waals surface area contributed by atoms with Crippen LogP contribution < -0.4 is 5.32 Å². The van der Waals surface area contributed by atoms with Crippen LogP contribution in [-0.4, -0.2) is 30.9 Å². The van der Waals surface area contributed by atoms with Gasteiger partial charge in [-0.25, -0.2) is 0 Å². The van der Waals surface area contributed by atoms with Crippen LogP contribution in [0.15, 0.2) is 17.5 Å². The number of hydrogen-bond acceptors (Lipinski definition) is 3. The van der Waals surface area contributed by atoms with E-state index in [0.717, 1.165) is 0 Å². The molecule has 1 aromatic rings. The zero-order valence-electron chi connectivity index (χ0n) is 9.65. The predicted octanol–water partition coefficient (Wildman–Crippen LogP) is 1.88. The minimum atomic E-state index is -0.142. The number of rotatable bonds is 4. The third-order valence-electron chi connectivity index (χ3n) is 2.28. The molecule has 0 radical (unpaired) electrons. The van der Waals surface area contributed by atoms with Crippen molar-refractivity contribution in [2.75, 3.05) is 14.1 Å². The summed E-state index contributed by atoms with van der Waals surface area (Å²) >= 11 is 1.71. The first-order chi connectivity index (χ1) is 7.02. The Hall–Kier alpha value is -0.870. The van der Waals surface area contributed by atoms with E-state index >= 15 is 0 Å². The van der Waals surface area contributed by atoms with E-state index in [1.807, 2.05) is 18.4 Å². The van der Waals surface area contributed by atoms with Crippen LogP contribution in [0.25, 0.3) is 0 Å². The molecule has 0 saturated heterocycles. The molecule has 0 saturated carbocycles. The van der Waals surface area contributed by atoms with Gasteiger partial charge in [0.05, 0.1) is 6.04 Å². The topological polar surface area (TPSA) is 32.3 Å². The molecule has 1 amide bonds. The van der Waals surface area contributed by atoms with Crippen LogP contribution in [0.3, 0.4) is 0 Å². The van der Waals surface area contributed by atoms with Crippen molar-refractivity contribution in [3.8, 4) is 0 Å². The van der Waals surface area contributed by atoms with E-state index in [9.17, 15) is 4.79 Å². The number of nitrogens with one attached hydrogen (secondary N) is 1. The second-order valence-corrected chi connectivity index (χ2v) is 4.84. The third kappa shape index (κ3) is 3.32. The first-order valence-corrected chi connectivity index (χ1v) is 5.91. The number of amides is 1. The Labute approximate surface area is 95.1 Å². The summed E-state index contributed by atoms with van der Waals surface area (Å²) in [7, 11) is 3.55. The monoisotopic (exact) mass is 226 g/mol. The van der Waals surface area contributed by atoms with E-state index < -0.39 is 0 Å². The summed E-state index contributed by atoms with van der Waals surface area (Å²) in [6.45, 7) is 3.97. The fourth-order valence-corrected chi connectivity index (χ4v) is 2.20. The van der Waals surface area contributed by atoms with Crippen LogP contribution in [0.4, 0.5) is 0 Å². The number of nitrogens with zero attached hydrogens (tertiary/aromatic N) is 1. The third-order valence-corrected chi connectivity index (χ3v) is 3.34. The van der Waals surface area contributed by atoms with E-state index in [2.05, 4.69) is 18.3 Å². The first-order valence-electron chi connectivity index (χ1n) is 5.03. The van der Waals surface area contributed by atoms with Gasteiger partial charge in [0.2, 0.25) is 5.91 Å². The van der Waals surface area contributed by atoms with Gasteiger partial charge in [-0.1, -0.05) is 6.07 Å². The van der Waals surface area contributed by atoms with E-state index in [-0.39, 0.29) is 18.0 Å². The summed E-state index contributed by atoms with van der Waals surface area (Å²) in [6.07, 6.45) is 0. The molecule has 0 aliphatic rings. The summed E-state index contributed by atoms with van der Waals surface area (Å²) in [6, 6.07) is 4.19. The van der Waals surface area contributed by atoms with Crippen LogP contribution in [0.1, 0.15) is 24.8 Å². The van der Waals surface area contributed by atoms with Crippen LogP contribution in [0, 0.1) is 0 Å². The van der Waals surface area contributed by atoms with Crippen molar-refractivity contribution in [2.45, 2.75) is 25.9 Å². The van der Waals surface area contributed by atoms with Gasteiger partial charge in [-0.15, -0.1) is 11.3 Å². The number of thiophene rings is 1. The Bertz CT molecular complexity index is 308. The van der Waals surface area contributed by atoms with Gasteiger partial charge in [-0.05, 0) is 25.3 Å². The molecule has 15 heavy (non-hydrogen) atoms. The molecule has 1 aromatic heterocycles. The second-order valence-electron chi connectivity index (χ2n) is 3.86.